The van der Waals surface area contributed by atoms with Gasteiger partial charge in [0.2, 0.25) is 0 Å². The van der Waals surface area contributed by atoms with Gasteiger partial charge in [0.1, 0.15) is 5.01 Å². The predicted molar refractivity (Wildman–Crippen MR) is 59.9 cm³/mol. The average Bonchev–Trinajstić information content (AvgIpc) is 2.59. The van der Waals surface area contributed by atoms with Crippen LogP contribution in [0.5, 0.6) is 0 Å². The van der Waals surface area contributed by atoms with Crippen LogP contribution in [0.3, 0.4) is 0 Å². The lowest BCUT2D eigenvalue weighted by molar-refractivity contribution is -0.136. The number of aromatic nitrogens is 1. The maximum Gasteiger partial charge on any atom is 0.303 e. The fourth-order valence-electron chi connectivity index (χ4n) is 0.954. The highest BCUT2D eigenvalue weighted by atomic mass is 32.2. The summed E-state index contributed by atoms with van der Waals surface area (Å²) in [6.45, 7) is 2.11. The van der Waals surface area contributed by atoms with Crippen LogP contribution in [0.25, 0.3) is 0 Å². The van der Waals surface area contributed by atoms with Gasteiger partial charge in [-0.2, -0.15) is 11.8 Å². The van der Waals surface area contributed by atoms with Crippen molar-refractivity contribution >= 4 is 29.1 Å². The van der Waals surface area contributed by atoms with E-state index in [2.05, 4.69) is 11.9 Å². The number of aryl methyl sites for hydroxylation is 1. The molecule has 0 saturated heterocycles. The topological polar surface area (TPSA) is 50.2 Å². The summed E-state index contributed by atoms with van der Waals surface area (Å²) in [7, 11) is 0. The smallest absolute Gasteiger partial charge is 0.303 e. The Bertz CT molecular complexity index is 299. The second kappa shape index (κ2) is 6.03. The van der Waals surface area contributed by atoms with E-state index in [-0.39, 0.29) is 6.42 Å². The first-order chi connectivity index (χ1) is 6.72. The molecule has 1 aromatic heterocycles. The molecule has 0 amide bonds. The van der Waals surface area contributed by atoms with Gasteiger partial charge in [0.05, 0.1) is 12.1 Å². The van der Waals surface area contributed by atoms with Crippen molar-refractivity contribution in [3.63, 3.8) is 0 Å². The Hall–Kier alpha value is -0.550. The van der Waals surface area contributed by atoms with Gasteiger partial charge < -0.3 is 5.11 Å². The highest BCUT2D eigenvalue weighted by molar-refractivity contribution is 7.98. The zero-order chi connectivity index (χ0) is 10.4. The molecule has 0 atom stereocenters. The first-order valence-electron chi connectivity index (χ1n) is 4.45. The first kappa shape index (κ1) is 11.5. The van der Waals surface area contributed by atoms with Gasteiger partial charge in [0, 0.05) is 17.6 Å². The van der Waals surface area contributed by atoms with Crippen molar-refractivity contribution in [3.05, 3.63) is 16.1 Å². The van der Waals surface area contributed by atoms with Crippen LogP contribution in [0.2, 0.25) is 0 Å². The molecule has 0 bridgehead atoms. The van der Waals surface area contributed by atoms with Crippen molar-refractivity contribution in [1.82, 2.24) is 4.98 Å². The maximum atomic E-state index is 10.3. The van der Waals surface area contributed by atoms with E-state index in [1.807, 2.05) is 17.1 Å². The lowest BCUT2D eigenvalue weighted by Crippen LogP contribution is -1.97. The van der Waals surface area contributed by atoms with E-state index in [1.165, 1.54) is 0 Å². The van der Waals surface area contributed by atoms with Crippen LogP contribution < -0.4 is 0 Å². The van der Waals surface area contributed by atoms with Crippen molar-refractivity contribution in [2.75, 3.05) is 5.75 Å². The van der Waals surface area contributed by atoms with Crippen LogP contribution in [-0.4, -0.2) is 21.8 Å². The van der Waals surface area contributed by atoms with Gasteiger partial charge in [-0.1, -0.05) is 6.92 Å². The maximum absolute atomic E-state index is 10.3. The fraction of sp³-hybridized carbons (Fsp3) is 0.556. The Morgan fingerprint density at radius 1 is 1.71 bits per heavy atom. The number of nitrogens with zero attached hydrogens (tertiary/aromatic N) is 1. The van der Waals surface area contributed by atoms with Gasteiger partial charge in [-0.25, -0.2) is 4.98 Å². The summed E-state index contributed by atoms with van der Waals surface area (Å²) in [5.41, 5.74) is 0.907. The molecule has 0 aliphatic carbocycles. The van der Waals surface area contributed by atoms with Gasteiger partial charge in [0.15, 0.2) is 0 Å². The number of thioether (sulfide) groups is 1. The quantitative estimate of drug-likeness (QED) is 0.817. The van der Waals surface area contributed by atoms with Crippen molar-refractivity contribution in [1.29, 1.82) is 0 Å². The van der Waals surface area contributed by atoms with E-state index >= 15 is 0 Å². The molecule has 0 radical (unpaired) electrons. The number of aliphatic carboxylic acids is 1. The van der Waals surface area contributed by atoms with E-state index in [9.17, 15) is 4.79 Å². The fourth-order valence-corrected chi connectivity index (χ4v) is 2.53. The van der Waals surface area contributed by atoms with Crippen LogP contribution in [-0.2, 0) is 17.0 Å². The number of carbonyl (C=O) groups is 1. The summed E-state index contributed by atoms with van der Waals surface area (Å²) in [5.74, 6) is 1.26. The highest BCUT2D eigenvalue weighted by Gasteiger charge is 2.04. The average molecular weight is 231 g/mol. The number of hydrogen-bond donors (Lipinski definition) is 1. The van der Waals surface area contributed by atoms with Crippen LogP contribution >= 0.6 is 23.1 Å². The van der Waals surface area contributed by atoms with E-state index in [1.54, 1.807) is 11.3 Å². The Balaban J connectivity index is 2.38. The number of hydrogen-bond acceptors (Lipinski definition) is 4. The molecule has 14 heavy (non-hydrogen) atoms. The van der Waals surface area contributed by atoms with E-state index < -0.39 is 5.97 Å². The molecule has 1 rings (SSSR count). The van der Waals surface area contributed by atoms with Crippen molar-refractivity contribution in [3.8, 4) is 0 Å². The Morgan fingerprint density at radius 2 is 2.50 bits per heavy atom. The third kappa shape index (κ3) is 4.11. The molecule has 0 aromatic carbocycles. The second-order valence-electron chi connectivity index (χ2n) is 2.76. The summed E-state index contributed by atoms with van der Waals surface area (Å²) in [5, 5.41) is 11.5. The number of thiazole rings is 1. The normalized spacial score (nSPS) is 10.4. The van der Waals surface area contributed by atoms with Gasteiger partial charge in [-0.05, 0) is 5.75 Å². The molecule has 1 heterocycles. The van der Waals surface area contributed by atoms with Crippen LogP contribution in [0, 0.1) is 0 Å². The Kier molecular flexibility index (Phi) is 4.97. The molecule has 3 nitrogen and oxygen atoms in total. The summed E-state index contributed by atoms with van der Waals surface area (Å²) in [6.07, 6.45) is 0.715. The summed E-state index contributed by atoms with van der Waals surface area (Å²) >= 11 is 3.45. The lowest BCUT2D eigenvalue weighted by Gasteiger charge is -1.92. The molecule has 78 valence electrons. The number of carboxylic acids is 1. The van der Waals surface area contributed by atoms with Crippen molar-refractivity contribution in [2.45, 2.75) is 25.5 Å². The molecule has 5 heteroatoms. The molecule has 1 aromatic rings. The number of rotatable bonds is 6. The molecular formula is C9H13NO2S2. The molecule has 1 N–H and O–H groups in total. The van der Waals surface area contributed by atoms with E-state index in [0.717, 1.165) is 22.2 Å². The Morgan fingerprint density at radius 3 is 3.14 bits per heavy atom. The predicted octanol–water partition coefficient (Wildman–Crippen LogP) is 2.41. The standard InChI is InChI=1S/C9H13NO2S2/c1-2-13-6-8-10-7(5-14-8)3-4-9(11)12/h5H,2-4,6H2,1H3,(H,11,12). The minimum Gasteiger partial charge on any atom is -0.481 e. The van der Waals surface area contributed by atoms with Crippen molar-refractivity contribution in [2.24, 2.45) is 0 Å². The van der Waals surface area contributed by atoms with E-state index in [0.29, 0.717) is 6.42 Å². The highest BCUT2D eigenvalue weighted by Crippen LogP contribution is 2.17. The van der Waals surface area contributed by atoms with Gasteiger partial charge >= 0.3 is 5.97 Å². The van der Waals surface area contributed by atoms with Crippen LogP contribution in [0.15, 0.2) is 5.38 Å². The van der Waals surface area contributed by atoms with E-state index in [4.69, 9.17) is 5.11 Å². The molecule has 0 unspecified atom stereocenters. The van der Waals surface area contributed by atoms with Gasteiger partial charge in [-0.15, -0.1) is 11.3 Å². The van der Waals surface area contributed by atoms with Crippen molar-refractivity contribution < 1.29 is 9.90 Å². The third-order valence-corrected chi connectivity index (χ3v) is 3.59. The van der Waals surface area contributed by atoms with Crippen LogP contribution in [0.1, 0.15) is 24.0 Å². The minimum atomic E-state index is -0.762. The SMILES string of the molecule is CCSCc1nc(CCC(=O)O)cs1. The van der Waals surface area contributed by atoms with Crippen LogP contribution in [0.4, 0.5) is 0 Å². The summed E-state index contributed by atoms with van der Waals surface area (Å²) < 4.78 is 0. The van der Waals surface area contributed by atoms with Gasteiger partial charge in [0.25, 0.3) is 0 Å². The molecule has 0 aliphatic heterocycles. The molecule has 0 fully saturated rings. The first-order valence-corrected chi connectivity index (χ1v) is 6.48. The molecule has 0 aliphatic rings. The zero-order valence-corrected chi connectivity index (χ0v) is 9.66. The summed E-state index contributed by atoms with van der Waals surface area (Å²) in [6, 6.07) is 0. The zero-order valence-electron chi connectivity index (χ0n) is 8.02. The minimum absolute atomic E-state index is 0.171. The molecule has 0 saturated carbocycles. The number of carboxylic acid groups (broad SMARTS) is 1. The molecule has 0 spiro atoms. The third-order valence-electron chi connectivity index (χ3n) is 1.62. The summed E-state index contributed by atoms with van der Waals surface area (Å²) in [4.78, 5) is 14.7. The lowest BCUT2D eigenvalue weighted by atomic mass is 10.2. The van der Waals surface area contributed by atoms with Gasteiger partial charge in [-0.3, -0.25) is 4.79 Å². The largest absolute Gasteiger partial charge is 0.481 e. The monoisotopic (exact) mass is 231 g/mol. The second-order valence-corrected chi connectivity index (χ2v) is 4.98. The Labute approximate surface area is 91.6 Å². The molecular weight excluding hydrogens is 218 g/mol.